The standard InChI is InChI=1S/C11H13N3O/c1-13-8-9(7-12)11(15)14-10-5-3-2-4-6-10/h2-8H,12H2,1H3,(H,14,15)/b9-7+,13-8?. The molecule has 1 amide bonds. The van der Waals surface area contributed by atoms with Crippen LogP contribution in [0.25, 0.3) is 0 Å². The van der Waals surface area contributed by atoms with Gasteiger partial charge in [-0.25, -0.2) is 0 Å². The lowest BCUT2D eigenvalue weighted by molar-refractivity contribution is -0.112. The molecule has 0 unspecified atom stereocenters. The number of nitrogens with two attached hydrogens (primary N) is 1. The Bertz CT molecular complexity index is 382. The van der Waals surface area contributed by atoms with Crippen molar-refractivity contribution in [1.82, 2.24) is 0 Å². The molecule has 1 aromatic rings. The first-order chi connectivity index (χ1) is 7.27. The Morgan fingerprint density at radius 3 is 2.60 bits per heavy atom. The predicted molar refractivity (Wildman–Crippen MR) is 61.8 cm³/mol. The van der Waals surface area contributed by atoms with Gasteiger partial charge in [-0.2, -0.15) is 0 Å². The van der Waals surface area contributed by atoms with E-state index in [0.29, 0.717) is 5.57 Å². The minimum Gasteiger partial charge on any atom is -0.404 e. The van der Waals surface area contributed by atoms with E-state index in [4.69, 9.17) is 5.73 Å². The molecule has 0 saturated carbocycles. The van der Waals surface area contributed by atoms with Crippen LogP contribution in [-0.2, 0) is 4.79 Å². The van der Waals surface area contributed by atoms with Crippen LogP contribution in [0.1, 0.15) is 0 Å². The number of hydrogen-bond donors (Lipinski definition) is 2. The zero-order chi connectivity index (χ0) is 11.1. The second kappa shape index (κ2) is 5.59. The third kappa shape index (κ3) is 3.27. The minimum atomic E-state index is -0.269. The van der Waals surface area contributed by atoms with Crippen LogP contribution in [0.5, 0.6) is 0 Å². The molecular formula is C11H13N3O. The van der Waals surface area contributed by atoms with Crippen molar-refractivity contribution < 1.29 is 4.79 Å². The SMILES string of the molecule is CN=C/C(=C\N)C(=O)Nc1ccccc1. The quantitative estimate of drug-likeness (QED) is 0.572. The van der Waals surface area contributed by atoms with Gasteiger partial charge in [0.05, 0.1) is 5.57 Å². The summed E-state index contributed by atoms with van der Waals surface area (Å²) in [4.78, 5) is 15.3. The van der Waals surface area contributed by atoms with E-state index in [1.165, 1.54) is 12.4 Å². The molecule has 0 heterocycles. The molecule has 0 aromatic heterocycles. The van der Waals surface area contributed by atoms with E-state index in [1.807, 2.05) is 18.2 Å². The van der Waals surface area contributed by atoms with Gasteiger partial charge in [0.25, 0.3) is 5.91 Å². The van der Waals surface area contributed by atoms with E-state index in [2.05, 4.69) is 10.3 Å². The number of carbonyl (C=O) groups is 1. The summed E-state index contributed by atoms with van der Waals surface area (Å²) >= 11 is 0. The third-order valence-electron chi connectivity index (χ3n) is 1.74. The summed E-state index contributed by atoms with van der Waals surface area (Å²) in [5.74, 6) is -0.269. The number of benzene rings is 1. The number of rotatable bonds is 3. The second-order valence-electron chi connectivity index (χ2n) is 2.83. The van der Waals surface area contributed by atoms with Gasteiger partial charge in [-0.3, -0.25) is 9.79 Å². The first-order valence-electron chi connectivity index (χ1n) is 4.48. The van der Waals surface area contributed by atoms with Gasteiger partial charge in [-0.15, -0.1) is 0 Å². The van der Waals surface area contributed by atoms with Gasteiger partial charge >= 0.3 is 0 Å². The largest absolute Gasteiger partial charge is 0.404 e. The van der Waals surface area contributed by atoms with E-state index in [1.54, 1.807) is 19.2 Å². The molecule has 0 spiro atoms. The fourth-order valence-electron chi connectivity index (χ4n) is 1.04. The molecule has 1 rings (SSSR count). The summed E-state index contributed by atoms with van der Waals surface area (Å²) in [6, 6.07) is 9.16. The molecule has 0 aliphatic rings. The Balaban J connectivity index is 2.71. The Morgan fingerprint density at radius 1 is 1.40 bits per heavy atom. The number of anilines is 1. The average molecular weight is 203 g/mol. The van der Waals surface area contributed by atoms with E-state index in [-0.39, 0.29) is 5.91 Å². The van der Waals surface area contributed by atoms with E-state index >= 15 is 0 Å². The number of amides is 1. The maximum Gasteiger partial charge on any atom is 0.258 e. The van der Waals surface area contributed by atoms with Crippen molar-refractivity contribution in [3.05, 3.63) is 42.1 Å². The topological polar surface area (TPSA) is 67.5 Å². The average Bonchev–Trinajstić information content (AvgIpc) is 2.27. The first-order valence-corrected chi connectivity index (χ1v) is 4.48. The predicted octanol–water partition coefficient (Wildman–Crippen LogP) is 1.17. The monoisotopic (exact) mass is 203 g/mol. The van der Waals surface area contributed by atoms with Crippen molar-refractivity contribution in [3.8, 4) is 0 Å². The summed E-state index contributed by atoms with van der Waals surface area (Å²) < 4.78 is 0. The van der Waals surface area contributed by atoms with E-state index in [9.17, 15) is 4.79 Å². The lowest BCUT2D eigenvalue weighted by Gasteiger charge is -2.04. The van der Waals surface area contributed by atoms with Gasteiger partial charge in [-0.1, -0.05) is 18.2 Å². The fraction of sp³-hybridized carbons (Fsp3) is 0.0909. The minimum absolute atomic E-state index is 0.269. The van der Waals surface area contributed by atoms with Crippen molar-refractivity contribution in [1.29, 1.82) is 0 Å². The molecule has 0 fully saturated rings. The van der Waals surface area contributed by atoms with Crippen molar-refractivity contribution in [2.45, 2.75) is 0 Å². The Morgan fingerprint density at radius 2 is 2.07 bits per heavy atom. The summed E-state index contributed by atoms with van der Waals surface area (Å²) in [6.45, 7) is 0. The molecule has 0 atom stereocenters. The molecule has 15 heavy (non-hydrogen) atoms. The highest BCUT2D eigenvalue weighted by Crippen LogP contribution is 2.06. The van der Waals surface area contributed by atoms with Crippen molar-refractivity contribution in [2.24, 2.45) is 10.7 Å². The Labute approximate surface area is 88.5 Å². The van der Waals surface area contributed by atoms with E-state index < -0.39 is 0 Å². The van der Waals surface area contributed by atoms with Crippen LogP contribution in [0.4, 0.5) is 5.69 Å². The number of hydrogen-bond acceptors (Lipinski definition) is 3. The Kier molecular flexibility index (Phi) is 4.09. The van der Waals surface area contributed by atoms with Gasteiger partial charge in [0.1, 0.15) is 0 Å². The second-order valence-corrected chi connectivity index (χ2v) is 2.83. The number of nitrogens with zero attached hydrogens (tertiary/aromatic N) is 1. The zero-order valence-corrected chi connectivity index (χ0v) is 8.47. The van der Waals surface area contributed by atoms with Crippen LogP contribution in [-0.4, -0.2) is 19.2 Å². The maximum atomic E-state index is 11.6. The summed E-state index contributed by atoms with van der Waals surface area (Å²) in [7, 11) is 1.58. The third-order valence-corrected chi connectivity index (χ3v) is 1.74. The summed E-state index contributed by atoms with van der Waals surface area (Å²) in [6.07, 6.45) is 2.64. The maximum absolute atomic E-state index is 11.6. The normalized spacial score (nSPS) is 11.7. The smallest absolute Gasteiger partial charge is 0.258 e. The molecule has 3 N–H and O–H groups in total. The summed E-state index contributed by atoms with van der Waals surface area (Å²) in [5.41, 5.74) is 6.36. The van der Waals surface area contributed by atoms with Crippen LogP contribution in [0.15, 0.2) is 47.1 Å². The molecular weight excluding hydrogens is 190 g/mol. The molecule has 78 valence electrons. The van der Waals surface area contributed by atoms with Crippen LogP contribution in [0, 0.1) is 0 Å². The summed E-state index contributed by atoms with van der Waals surface area (Å²) in [5, 5.41) is 2.70. The number of nitrogens with one attached hydrogen (secondary N) is 1. The van der Waals surface area contributed by atoms with Crippen LogP contribution >= 0.6 is 0 Å². The van der Waals surface area contributed by atoms with E-state index in [0.717, 1.165) is 5.69 Å². The van der Waals surface area contributed by atoms with Gasteiger partial charge < -0.3 is 11.1 Å². The van der Waals surface area contributed by atoms with Crippen LogP contribution < -0.4 is 11.1 Å². The molecule has 0 aliphatic carbocycles. The van der Waals surface area contributed by atoms with Gasteiger partial charge in [0.2, 0.25) is 0 Å². The molecule has 4 nitrogen and oxygen atoms in total. The van der Waals surface area contributed by atoms with Gasteiger partial charge in [0.15, 0.2) is 0 Å². The number of para-hydroxylation sites is 1. The lowest BCUT2D eigenvalue weighted by atomic mass is 10.2. The molecule has 4 heteroatoms. The zero-order valence-electron chi connectivity index (χ0n) is 8.47. The Hall–Kier alpha value is -2.10. The fourth-order valence-corrected chi connectivity index (χ4v) is 1.04. The highest BCUT2D eigenvalue weighted by Gasteiger charge is 2.05. The van der Waals surface area contributed by atoms with Crippen LogP contribution in [0.3, 0.4) is 0 Å². The number of aliphatic imine (C=N–C) groups is 1. The molecule has 0 radical (unpaired) electrons. The molecule has 0 saturated heterocycles. The van der Waals surface area contributed by atoms with Crippen molar-refractivity contribution in [2.75, 3.05) is 12.4 Å². The highest BCUT2D eigenvalue weighted by molar-refractivity contribution is 6.17. The highest BCUT2D eigenvalue weighted by atomic mass is 16.1. The van der Waals surface area contributed by atoms with Crippen LogP contribution in [0.2, 0.25) is 0 Å². The van der Waals surface area contributed by atoms with Gasteiger partial charge in [0, 0.05) is 25.1 Å². The van der Waals surface area contributed by atoms with Gasteiger partial charge in [-0.05, 0) is 12.1 Å². The molecule has 1 aromatic carbocycles. The van der Waals surface area contributed by atoms with Crippen molar-refractivity contribution >= 4 is 17.8 Å². The van der Waals surface area contributed by atoms with Crippen molar-refractivity contribution in [3.63, 3.8) is 0 Å². The molecule has 0 bridgehead atoms. The first kappa shape index (κ1) is 11.0. The molecule has 0 aliphatic heterocycles. The number of carbonyl (C=O) groups excluding carboxylic acids is 1. The lowest BCUT2D eigenvalue weighted by Crippen LogP contribution is -2.16.